The van der Waals surface area contributed by atoms with E-state index in [0.717, 1.165) is 18.5 Å². The number of nitrogens with zero attached hydrogens (tertiary/aromatic N) is 1. The molecule has 0 aromatic heterocycles. The van der Waals surface area contributed by atoms with Crippen molar-refractivity contribution < 1.29 is 15.0 Å². The van der Waals surface area contributed by atoms with Gasteiger partial charge in [0.2, 0.25) is 0 Å². The SMILES string of the molecule is O=C(O)CC1CCN(Cc2ccccc2)C1O. The molecule has 1 aliphatic heterocycles. The number of aliphatic hydroxyl groups is 1. The first-order valence-corrected chi connectivity index (χ1v) is 5.84. The summed E-state index contributed by atoms with van der Waals surface area (Å²) in [5.74, 6) is -0.980. The first-order valence-electron chi connectivity index (χ1n) is 5.84. The zero-order chi connectivity index (χ0) is 12.3. The van der Waals surface area contributed by atoms with E-state index in [1.807, 2.05) is 35.2 Å². The highest BCUT2D eigenvalue weighted by Gasteiger charge is 2.33. The second-order valence-electron chi connectivity index (χ2n) is 4.52. The summed E-state index contributed by atoms with van der Waals surface area (Å²) >= 11 is 0. The standard InChI is InChI=1S/C13H17NO3/c15-12(16)8-11-6-7-14(13(11)17)9-10-4-2-1-3-5-10/h1-5,11,13,17H,6-9H2,(H,15,16). The normalized spacial score (nSPS) is 25.0. The minimum absolute atomic E-state index is 0.0481. The largest absolute Gasteiger partial charge is 0.481 e. The van der Waals surface area contributed by atoms with Gasteiger partial charge in [-0.3, -0.25) is 9.69 Å². The van der Waals surface area contributed by atoms with Gasteiger partial charge in [0.25, 0.3) is 0 Å². The first-order chi connectivity index (χ1) is 8.16. The molecule has 2 unspecified atom stereocenters. The van der Waals surface area contributed by atoms with E-state index in [9.17, 15) is 9.90 Å². The van der Waals surface area contributed by atoms with E-state index in [-0.39, 0.29) is 12.3 Å². The molecule has 2 N–H and O–H groups in total. The highest BCUT2D eigenvalue weighted by Crippen LogP contribution is 2.26. The van der Waals surface area contributed by atoms with Gasteiger partial charge in [0, 0.05) is 19.0 Å². The van der Waals surface area contributed by atoms with Crippen LogP contribution in [-0.2, 0) is 11.3 Å². The summed E-state index contributed by atoms with van der Waals surface area (Å²) in [5, 5.41) is 18.8. The van der Waals surface area contributed by atoms with E-state index < -0.39 is 12.2 Å². The van der Waals surface area contributed by atoms with Gasteiger partial charge in [0.05, 0.1) is 6.42 Å². The summed E-state index contributed by atoms with van der Waals surface area (Å²) in [6.45, 7) is 1.44. The third-order valence-electron chi connectivity index (χ3n) is 3.25. The topological polar surface area (TPSA) is 60.8 Å². The molecule has 0 aliphatic carbocycles. The molecule has 0 saturated carbocycles. The molecule has 1 aliphatic rings. The van der Waals surface area contributed by atoms with Crippen molar-refractivity contribution in [1.29, 1.82) is 0 Å². The Kier molecular flexibility index (Phi) is 3.76. The molecule has 2 rings (SSSR count). The Balaban J connectivity index is 1.94. The van der Waals surface area contributed by atoms with Crippen LogP contribution in [0.1, 0.15) is 18.4 Å². The van der Waals surface area contributed by atoms with Crippen LogP contribution in [0.15, 0.2) is 30.3 Å². The lowest BCUT2D eigenvalue weighted by molar-refractivity contribution is -0.139. The summed E-state index contributed by atoms with van der Waals surface area (Å²) in [6, 6.07) is 9.91. The number of hydrogen-bond donors (Lipinski definition) is 2. The predicted octanol–water partition coefficient (Wildman–Crippen LogP) is 1.30. The Bertz CT molecular complexity index is 380. The van der Waals surface area contributed by atoms with Crippen molar-refractivity contribution in [2.75, 3.05) is 6.54 Å². The Morgan fingerprint density at radius 2 is 2.06 bits per heavy atom. The number of aliphatic hydroxyl groups excluding tert-OH is 1. The molecule has 0 radical (unpaired) electrons. The van der Waals surface area contributed by atoms with Gasteiger partial charge in [-0.2, -0.15) is 0 Å². The zero-order valence-electron chi connectivity index (χ0n) is 9.62. The minimum Gasteiger partial charge on any atom is -0.481 e. The molecule has 2 atom stereocenters. The fourth-order valence-electron chi connectivity index (χ4n) is 2.33. The van der Waals surface area contributed by atoms with Gasteiger partial charge in [0.15, 0.2) is 0 Å². The van der Waals surface area contributed by atoms with Gasteiger partial charge in [0.1, 0.15) is 6.23 Å². The van der Waals surface area contributed by atoms with Crippen molar-refractivity contribution in [3.63, 3.8) is 0 Å². The van der Waals surface area contributed by atoms with Crippen LogP contribution in [-0.4, -0.2) is 33.9 Å². The lowest BCUT2D eigenvalue weighted by Gasteiger charge is -2.22. The highest BCUT2D eigenvalue weighted by molar-refractivity contribution is 5.67. The lowest BCUT2D eigenvalue weighted by Crippen LogP contribution is -2.32. The van der Waals surface area contributed by atoms with Crippen LogP contribution in [0.5, 0.6) is 0 Å². The number of likely N-dealkylation sites (tertiary alicyclic amines) is 1. The maximum absolute atomic E-state index is 10.6. The number of rotatable bonds is 4. The van der Waals surface area contributed by atoms with E-state index in [4.69, 9.17) is 5.11 Å². The van der Waals surface area contributed by atoms with E-state index in [1.54, 1.807) is 0 Å². The predicted molar refractivity (Wildman–Crippen MR) is 63.2 cm³/mol. The van der Waals surface area contributed by atoms with E-state index in [0.29, 0.717) is 6.54 Å². The maximum atomic E-state index is 10.6. The summed E-state index contributed by atoms with van der Waals surface area (Å²) in [4.78, 5) is 12.6. The number of carboxylic acid groups (broad SMARTS) is 1. The minimum atomic E-state index is -0.837. The fourth-order valence-corrected chi connectivity index (χ4v) is 2.33. The Morgan fingerprint density at radius 3 is 2.71 bits per heavy atom. The molecular weight excluding hydrogens is 218 g/mol. The monoisotopic (exact) mass is 235 g/mol. The van der Waals surface area contributed by atoms with Gasteiger partial charge in [-0.05, 0) is 12.0 Å². The third-order valence-corrected chi connectivity index (χ3v) is 3.25. The molecular formula is C13H17NO3. The van der Waals surface area contributed by atoms with Crippen molar-refractivity contribution in [1.82, 2.24) is 4.90 Å². The number of carbonyl (C=O) groups is 1. The molecule has 17 heavy (non-hydrogen) atoms. The quantitative estimate of drug-likeness (QED) is 0.826. The average molecular weight is 235 g/mol. The Labute approximate surface area is 100 Å². The second kappa shape index (κ2) is 5.29. The van der Waals surface area contributed by atoms with Crippen molar-refractivity contribution in [2.24, 2.45) is 5.92 Å². The molecule has 0 spiro atoms. The van der Waals surface area contributed by atoms with Gasteiger partial charge in [-0.25, -0.2) is 0 Å². The van der Waals surface area contributed by atoms with Crippen LogP contribution in [0.4, 0.5) is 0 Å². The van der Waals surface area contributed by atoms with Gasteiger partial charge < -0.3 is 10.2 Å². The van der Waals surface area contributed by atoms with Crippen LogP contribution in [0.3, 0.4) is 0 Å². The van der Waals surface area contributed by atoms with E-state index >= 15 is 0 Å². The van der Waals surface area contributed by atoms with E-state index in [1.165, 1.54) is 0 Å². The summed E-state index contributed by atoms with van der Waals surface area (Å²) in [5.41, 5.74) is 1.14. The van der Waals surface area contributed by atoms with Gasteiger partial charge in [-0.15, -0.1) is 0 Å². The van der Waals surface area contributed by atoms with Crippen molar-refractivity contribution in [3.05, 3.63) is 35.9 Å². The molecule has 1 saturated heterocycles. The molecule has 0 bridgehead atoms. The van der Waals surface area contributed by atoms with Crippen molar-refractivity contribution in [3.8, 4) is 0 Å². The molecule has 1 aromatic carbocycles. The van der Waals surface area contributed by atoms with Crippen molar-refractivity contribution in [2.45, 2.75) is 25.6 Å². The fraction of sp³-hybridized carbons (Fsp3) is 0.462. The van der Waals surface area contributed by atoms with Crippen LogP contribution in [0.25, 0.3) is 0 Å². The molecule has 4 heteroatoms. The molecule has 92 valence electrons. The Hall–Kier alpha value is -1.39. The Morgan fingerprint density at radius 1 is 1.35 bits per heavy atom. The second-order valence-corrected chi connectivity index (χ2v) is 4.52. The number of benzene rings is 1. The average Bonchev–Trinajstić information content (AvgIpc) is 2.62. The van der Waals surface area contributed by atoms with E-state index in [2.05, 4.69) is 0 Å². The van der Waals surface area contributed by atoms with Gasteiger partial charge >= 0.3 is 5.97 Å². The highest BCUT2D eigenvalue weighted by atomic mass is 16.4. The molecule has 1 aromatic rings. The van der Waals surface area contributed by atoms with Gasteiger partial charge in [-0.1, -0.05) is 30.3 Å². The number of aliphatic carboxylic acids is 1. The van der Waals surface area contributed by atoms with Crippen LogP contribution in [0, 0.1) is 5.92 Å². The lowest BCUT2D eigenvalue weighted by atomic mass is 10.0. The molecule has 1 fully saturated rings. The summed E-state index contributed by atoms with van der Waals surface area (Å²) < 4.78 is 0. The van der Waals surface area contributed by atoms with Crippen LogP contribution in [0.2, 0.25) is 0 Å². The molecule has 1 heterocycles. The number of carboxylic acids is 1. The third kappa shape index (κ3) is 3.05. The number of hydrogen-bond acceptors (Lipinski definition) is 3. The smallest absolute Gasteiger partial charge is 0.303 e. The first kappa shape index (κ1) is 12.1. The zero-order valence-corrected chi connectivity index (χ0v) is 9.62. The van der Waals surface area contributed by atoms with Crippen LogP contribution < -0.4 is 0 Å². The van der Waals surface area contributed by atoms with Crippen molar-refractivity contribution >= 4 is 5.97 Å². The van der Waals surface area contributed by atoms with Crippen LogP contribution >= 0.6 is 0 Å². The summed E-state index contributed by atoms with van der Waals surface area (Å²) in [6.07, 6.45) is 0.165. The molecule has 4 nitrogen and oxygen atoms in total. The summed E-state index contributed by atoms with van der Waals surface area (Å²) in [7, 11) is 0. The maximum Gasteiger partial charge on any atom is 0.303 e. The molecule has 0 amide bonds.